The van der Waals surface area contributed by atoms with E-state index in [4.69, 9.17) is 9.79 Å². The van der Waals surface area contributed by atoms with Gasteiger partial charge in [0.25, 0.3) is 0 Å². The van der Waals surface area contributed by atoms with Crippen LogP contribution in [-0.2, 0) is 4.53 Å². The summed E-state index contributed by atoms with van der Waals surface area (Å²) in [5.74, 6) is -0.0846. The minimum Gasteiger partial charge on any atom is -0.438 e. The molecule has 0 amide bonds. The van der Waals surface area contributed by atoms with Gasteiger partial charge in [0.15, 0.2) is 0 Å². The Labute approximate surface area is 161 Å². The number of hydrogen-bond donors (Lipinski definition) is 0. The van der Waals surface area contributed by atoms with Crippen LogP contribution in [0.1, 0.15) is 13.3 Å². The molecule has 27 heavy (non-hydrogen) atoms. The molecule has 0 aliphatic carbocycles. The minimum atomic E-state index is -2.79. The molecule has 0 aromatic heterocycles. The molecule has 0 N–H and O–H groups in total. The molecule has 134 valence electrons. The second-order valence-corrected chi connectivity index (χ2v) is 9.70. The largest absolute Gasteiger partial charge is 0.438 e. The van der Waals surface area contributed by atoms with Gasteiger partial charge in [0.1, 0.15) is 0 Å². The number of rotatable bonds is 7. The van der Waals surface area contributed by atoms with E-state index in [2.05, 4.69) is 47.6 Å². The van der Waals surface area contributed by atoms with Crippen molar-refractivity contribution in [1.82, 2.24) is 0 Å². The SMILES string of the molecule is CC(C#N)CC=NO[Si](c1ccccc1)(c1ccccc1)c1ccccc1. The Balaban J connectivity index is 2.13. The first-order chi connectivity index (χ1) is 13.3. The molecule has 0 spiro atoms. The molecule has 0 saturated carbocycles. The van der Waals surface area contributed by atoms with E-state index in [9.17, 15) is 0 Å². The third-order valence-electron chi connectivity index (χ3n) is 4.48. The van der Waals surface area contributed by atoms with Gasteiger partial charge in [-0.25, -0.2) is 0 Å². The number of hydrogen-bond acceptors (Lipinski definition) is 3. The summed E-state index contributed by atoms with van der Waals surface area (Å²) in [4.78, 5) is 0. The van der Waals surface area contributed by atoms with Gasteiger partial charge in [0.05, 0.1) is 6.07 Å². The second-order valence-electron chi connectivity index (χ2n) is 6.42. The average Bonchev–Trinajstić information content (AvgIpc) is 2.75. The lowest BCUT2D eigenvalue weighted by atomic mass is 10.1. The van der Waals surface area contributed by atoms with Crippen molar-refractivity contribution in [3.8, 4) is 6.07 Å². The number of nitrogens with zero attached hydrogens (tertiary/aromatic N) is 2. The summed E-state index contributed by atoms with van der Waals surface area (Å²) in [6.07, 6.45) is 2.28. The Morgan fingerprint density at radius 3 is 1.63 bits per heavy atom. The fraction of sp³-hybridized carbons (Fsp3) is 0.130. The van der Waals surface area contributed by atoms with Crippen LogP contribution in [0.25, 0.3) is 0 Å². The first kappa shape index (κ1) is 18.6. The molecule has 0 radical (unpaired) electrons. The summed E-state index contributed by atoms with van der Waals surface area (Å²) in [6, 6.07) is 33.1. The van der Waals surface area contributed by atoms with Gasteiger partial charge in [-0.1, -0.05) is 91.0 Å². The normalized spacial score (nSPS) is 12.4. The van der Waals surface area contributed by atoms with E-state index in [0.717, 1.165) is 15.6 Å². The summed E-state index contributed by atoms with van der Waals surface area (Å²) in [5.41, 5.74) is 0. The van der Waals surface area contributed by atoms with Crippen molar-refractivity contribution in [2.75, 3.05) is 0 Å². The molecule has 0 heterocycles. The molecular weight excluding hydrogens is 348 g/mol. The first-order valence-electron chi connectivity index (χ1n) is 9.03. The zero-order valence-electron chi connectivity index (χ0n) is 15.3. The Morgan fingerprint density at radius 1 is 0.852 bits per heavy atom. The van der Waals surface area contributed by atoms with E-state index in [1.165, 1.54) is 0 Å². The maximum absolute atomic E-state index is 8.98. The van der Waals surface area contributed by atoms with Crippen molar-refractivity contribution < 1.29 is 4.53 Å². The van der Waals surface area contributed by atoms with Crippen LogP contribution in [0, 0.1) is 17.2 Å². The van der Waals surface area contributed by atoms with Gasteiger partial charge in [0.2, 0.25) is 0 Å². The van der Waals surface area contributed by atoms with Gasteiger partial charge in [-0.2, -0.15) is 5.26 Å². The highest BCUT2D eigenvalue weighted by Crippen LogP contribution is 2.10. The van der Waals surface area contributed by atoms with Gasteiger partial charge in [-0.3, -0.25) is 0 Å². The monoisotopic (exact) mass is 370 g/mol. The van der Waals surface area contributed by atoms with E-state index < -0.39 is 8.32 Å². The number of benzene rings is 3. The first-order valence-corrected chi connectivity index (χ1v) is 10.9. The lowest BCUT2D eigenvalue weighted by Gasteiger charge is -2.30. The molecule has 1 unspecified atom stereocenters. The predicted octanol–water partition coefficient (Wildman–Crippen LogP) is 3.21. The van der Waals surface area contributed by atoms with Crippen LogP contribution in [0.3, 0.4) is 0 Å². The maximum Gasteiger partial charge on any atom is 0.380 e. The van der Waals surface area contributed by atoms with Crippen LogP contribution >= 0.6 is 0 Å². The van der Waals surface area contributed by atoms with Crippen molar-refractivity contribution in [3.05, 3.63) is 91.0 Å². The van der Waals surface area contributed by atoms with E-state index in [1.807, 2.05) is 61.5 Å². The number of nitriles is 1. The third-order valence-corrected chi connectivity index (χ3v) is 8.30. The van der Waals surface area contributed by atoms with Gasteiger partial charge < -0.3 is 4.53 Å². The zero-order chi connectivity index (χ0) is 19.0. The molecule has 3 aromatic carbocycles. The fourth-order valence-corrected chi connectivity index (χ4v) is 6.58. The molecular formula is C23H22N2OSi. The lowest BCUT2D eigenvalue weighted by molar-refractivity contribution is 0.349. The van der Waals surface area contributed by atoms with Gasteiger partial charge in [0, 0.05) is 18.6 Å². The van der Waals surface area contributed by atoms with E-state index in [1.54, 1.807) is 6.21 Å². The molecule has 3 nitrogen and oxygen atoms in total. The van der Waals surface area contributed by atoms with E-state index >= 15 is 0 Å². The minimum absolute atomic E-state index is 0.0846. The van der Waals surface area contributed by atoms with Crippen LogP contribution in [0.4, 0.5) is 0 Å². The molecule has 0 bridgehead atoms. The summed E-state index contributed by atoms with van der Waals surface area (Å²) >= 11 is 0. The van der Waals surface area contributed by atoms with E-state index in [0.29, 0.717) is 6.42 Å². The van der Waals surface area contributed by atoms with Crippen LogP contribution < -0.4 is 15.6 Å². The highest BCUT2D eigenvalue weighted by molar-refractivity contribution is 7.07. The summed E-state index contributed by atoms with van der Waals surface area (Å²) in [7, 11) is -2.79. The van der Waals surface area contributed by atoms with Crippen molar-refractivity contribution in [1.29, 1.82) is 5.26 Å². The van der Waals surface area contributed by atoms with Gasteiger partial charge in [-0.15, -0.1) is 5.16 Å². The van der Waals surface area contributed by atoms with Crippen molar-refractivity contribution in [2.45, 2.75) is 13.3 Å². The molecule has 3 rings (SSSR count). The van der Waals surface area contributed by atoms with Crippen molar-refractivity contribution in [3.63, 3.8) is 0 Å². The van der Waals surface area contributed by atoms with Crippen LogP contribution in [-0.4, -0.2) is 14.5 Å². The highest BCUT2D eigenvalue weighted by Gasteiger charge is 2.44. The van der Waals surface area contributed by atoms with E-state index in [-0.39, 0.29) is 5.92 Å². The predicted molar refractivity (Wildman–Crippen MR) is 113 cm³/mol. The smallest absolute Gasteiger partial charge is 0.380 e. The zero-order valence-corrected chi connectivity index (χ0v) is 16.3. The summed E-state index contributed by atoms with van der Waals surface area (Å²) in [6.45, 7) is 1.88. The quantitative estimate of drug-likeness (QED) is 0.277. The maximum atomic E-state index is 8.98. The lowest BCUT2D eigenvalue weighted by Crippen LogP contribution is -2.68. The number of oxime groups is 1. The van der Waals surface area contributed by atoms with Gasteiger partial charge >= 0.3 is 8.32 Å². The Hall–Kier alpha value is -3.16. The Bertz CT molecular complexity index is 809. The molecule has 4 heteroatoms. The molecule has 1 atom stereocenters. The van der Waals surface area contributed by atoms with Gasteiger partial charge in [-0.05, 0) is 22.5 Å². The third kappa shape index (κ3) is 4.16. The fourth-order valence-electron chi connectivity index (χ4n) is 3.05. The summed E-state index contributed by atoms with van der Waals surface area (Å²) in [5, 5.41) is 16.7. The Kier molecular flexibility index (Phi) is 6.19. The topological polar surface area (TPSA) is 45.4 Å². The van der Waals surface area contributed by atoms with Crippen LogP contribution in [0.2, 0.25) is 0 Å². The second kappa shape index (κ2) is 8.97. The molecule has 3 aromatic rings. The average molecular weight is 371 g/mol. The van der Waals surface area contributed by atoms with Crippen LogP contribution in [0.15, 0.2) is 96.2 Å². The Morgan fingerprint density at radius 2 is 1.26 bits per heavy atom. The highest BCUT2D eigenvalue weighted by atomic mass is 28.4. The molecule has 0 fully saturated rings. The molecule has 0 aliphatic heterocycles. The standard InChI is InChI=1S/C23H22N2OSi/c1-20(19-24)17-18-25-26-27(21-11-5-2-6-12-21,22-13-7-3-8-14-22)23-15-9-4-10-16-23/h2-16,18,20H,17H2,1H3. The van der Waals surface area contributed by atoms with Crippen LogP contribution in [0.5, 0.6) is 0 Å². The van der Waals surface area contributed by atoms with Crippen molar-refractivity contribution >= 4 is 30.1 Å². The molecule has 0 saturated heterocycles. The summed E-state index contributed by atoms with van der Waals surface area (Å²) < 4.78 is 6.38. The van der Waals surface area contributed by atoms with Crippen molar-refractivity contribution in [2.24, 2.45) is 11.1 Å². The molecule has 0 aliphatic rings.